The second-order valence-corrected chi connectivity index (χ2v) is 16.9. The lowest BCUT2D eigenvalue weighted by Gasteiger charge is -2.44. The van der Waals surface area contributed by atoms with Crippen molar-refractivity contribution in [1.82, 2.24) is 20.4 Å². The number of nitrogens with one attached hydrogen (secondary N) is 2. The summed E-state index contributed by atoms with van der Waals surface area (Å²) in [6, 6.07) is 14.9. The number of esters is 2. The summed E-state index contributed by atoms with van der Waals surface area (Å²) in [5.74, 6) is -2.83. The fraction of sp³-hybridized carbons (Fsp3) is 0.471. The standard InChI is InChI=1S/C34H38N4O8S2/c1-18(45-31(43)25-33(2,3)47-29-23(27(41)37(25)29)35-21(39)16-19-12-8-6-9-13-19)46-32(44)26-34(4,5)48-30-24(28(42)38(26)30)36-22(40)17-20-14-10-7-11-15-20/h6-15,18,23-26,29-30H,16-17H2,1-5H3,(H,35,39)(H,36,40)/t23-,24-,25+,26+,29-,30-/m1/s1. The summed E-state index contributed by atoms with van der Waals surface area (Å²) in [7, 11) is 0. The van der Waals surface area contributed by atoms with E-state index in [4.69, 9.17) is 9.47 Å². The Kier molecular flexibility index (Phi) is 9.00. The predicted octanol–water partition coefficient (Wildman–Crippen LogP) is 2.00. The minimum atomic E-state index is -1.31. The quantitative estimate of drug-likeness (QED) is 0.215. The van der Waals surface area contributed by atoms with Gasteiger partial charge in [-0.3, -0.25) is 19.2 Å². The van der Waals surface area contributed by atoms with Crippen LogP contribution in [0.15, 0.2) is 60.7 Å². The van der Waals surface area contributed by atoms with Crippen LogP contribution >= 0.6 is 23.5 Å². The first-order chi connectivity index (χ1) is 22.7. The molecule has 4 amide bonds. The summed E-state index contributed by atoms with van der Waals surface area (Å²) in [4.78, 5) is 81.4. The summed E-state index contributed by atoms with van der Waals surface area (Å²) >= 11 is 2.79. The molecule has 0 radical (unpaired) electrons. The van der Waals surface area contributed by atoms with E-state index < -0.39 is 62.6 Å². The maximum atomic E-state index is 13.4. The van der Waals surface area contributed by atoms with Crippen molar-refractivity contribution in [1.29, 1.82) is 0 Å². The van der Waals surface area contributed by atoms with Crippen molar-refractivity contribution in [2.45, 2.75) is 98.2 Å². The summed E-state index contributed by atoms with van der Waals surface area (Å²) < 4.78 is 9.62. The molecule has 14 heteroatoms. The average molecular weight is 695 g/mol. The van der Waals surface area contributed by atoms with Gasteiger partial charge in [0.25, 0.3) is 0 Å². The van der Waals surface area contributed by atoms with E-state index in [2.05, 4.69) is 10.6 Å². The van der Waals surface area contributed by atoms with Crippen LogP contribution in [-0.2, 0) is 51.1 Å². The monoisotopic (exact) mass is 694 g/mol. The normalized spacial score (nSPS) is 27.7. The molecule has 4 aliphatic rings. The summed E-state index contributed by atoms with van der Waals surface area (Å²) in [6.45, 7) is 8.68. The predicted molar refractivity (Wildman–Crippen MR) is 178 cm³/mol. The molecular formula is C34H38N4O8S2. The van der Waals surface area contributed by atoms with Crippen molar-refractivity contribution in [2.24, 2.45) is 0 Å². The lowest BCUT2D eigenvalue weighted by Crippen LogP contribution is -2.71. The van der Waals surface area contributed by atoms with Gasteiger partial charge in [0.15, 0.2) is 0 Å². The van der Waals surface area contributed by atoms with Crippen LogP contribution in [0.3, 0.4) is 0 Å². The Labute approximate surface area is 287 Å². The first-order valence-electron chi connectivity index (χ1n) is 15.8. The van der Waals surface area contributed by atoms with E-state index in [1.54, 1.807) is 0 Å². The molecule has 6 atom stereocenters. The number of thioether (sulfide) groups is 2. The highest BCUT2D eigenvalue weighted by Crippen LogP contribution is 2.52. The fourth-order valence-corrected chi connectivity index (χ4v) is 9.99. The number of carbonyl (C=O) groups is 6. The SMILES string of the molecule is CC(OC(=O)[C@@H]1N2C(=O)[C@@H](NC(=O)Cc3ccccc3)[C@H]2SC1(C)C)OC(=O)[C@@H]1N2C(=O)[C@@H](NC(=O)Cc3ccccc3)[C@H]2SC1(C)C. The van der Waals surface area contributed by atoms with Gasteiger partial charge in [-0.05, 0) is 38.8 Å². The maximum Gasteiger partial charge on any atom is 0.333 e. The van der Waals surface area contributed by atoms with Crippen molar-refractivity contribution >= 4 is 59.1 Å². The number of nitrogens with zero attached hydrogens (tertiary/aromatic N) is 2. The zero-order valence-corrected chi connectivity index (χ0v) is 28.8. The lowest BCUT2D eigenvalue weighted by molar-refractivity contribution is -0.196. The molecule has 2 N–H and O–H groups in total. The number of fused-ring (bicyclic) bond motifs is 2. The molecule has 2 aromatic rings. The van der Waals surface area contributed by atoms with Crippen LogP contribution in [0.1, 0.15) is 45.7 Å². The highest BCUT2D eigenvalue weighted by atomic mass is 32.2. The Balaban J connectivity index is 1.03. The van der Waals surface area contributed by atoms with Gasteiger partial charge in [-0.1, -0.05) is 60.7 Å². The zero-order chi connectivity index (χ0) is 34.5. The number of benzene rings is 2. The third-order valence-electron chi connectivity index (χ3n) is 8.94. The molecule has 0 aliphatic carbocycles. The molecule has 6 rings (SSSR count). The van der Waals surface area contributed by atoms with E-state index in [9.17, 15) is 28.8 Å². The molecule has 0 bridgehead atoms. The molecule has 4 aliphatic heterocycles. The number of carbonyl (C=O) groups excluding carboxylic acids is 6. The van der Waals surface area contributed by atoms with Crippen LogP contribution in [-0.4, -0.2) is 96.1 Å². The first-order valence-corrected chi connectivity index (χ1v) is 17.5. The molecule has 0 saturated carbocycles. The Morgan fingerprint density at radius 2 is 1.04 bits per heavy atom. The number of ether oxygens (including phenoxy) is 2. The highest BCUT2D eigenvalue weighted by molar-refractivity contribution is 8.02. The third-order valence-corrected chi connectivity index (χ3v) is 12.1. The van der Waals surface area contributed by atoms with E-state index in [0.717, 1.165) is 11.1 Å². The Morgan fingerprint density at radius 1 is 0.688 bits per heavy atom. The minimum Gasteiger partial charge on any atom is -0.424 e. The van der Waals surface area contributed by atoms with E-state index >= 15 is 0 Å². The molecule has 48 heavy (non-hydrogen) atoms. The summed E-state index contributed by atoms with van der Waals surface area (Å²) in [6.07, 6.45) is -1.05. The van der Waals surface area contributed by atoms with Crippen LogP contribution in [0.4, 0.5) is 0 Å². The Morgan fingerprint density at radius 3 is 1.40 bits per heavy atom. The highest BCUT2D eigenvalue weighted by Gasteiger charge is 2.66. The van der Waals surface area contributed by atoms with Gasteiger partial charge >= 0.3 is 11.9 Å². The lowest BCUT2D eigenvalue weighted by atomic mass is 9.95. The van der Waals surface area contributed by atoms with Crippen LogP contribution in [0.2, 0.25) is 0 Å². The number of β-lactam (4-membered cyclic amide) rings is 2. The van der Waals surface area contributed by atoms with Gasteiger partial charge in [0.1, 0.15) is 34.9 Å². The van der Waals surface area contributed by atoms with Crippen molar-refractivity contribution in [3.8, 4) is 0 Å². The molecule has 2 aromatic carbocycles. The van der Waals surface area contributed by atoms with E-state index in [-0.39, 0.29) is 36.5 Å². The fourth-order valence-electron chi connectivity index (χ4n) is 6.74. The van der Waals surface area contributed by atoms with Gasteiger partial charge in [0.2, 0.25) is 29.9 Å². The van der Waals surface area contributed by atoms with Crippen LogP contribution in [0.5, 0.6) is 0 Å². The van der Waals surface area contributed by atoms with E-state index in [0.29, 0.717) is 0 Å². The molecule has 0 spiro atoms. The first kappa shape index (κ1) is 33.8. The molecular weight excluding hydrogens is 657 g/mol. The van der Waals surface area contributed by atoms with Gasteiger partial charge in [-0.25, -0.2) is 9.59 Å². The Hall–Kier alpha value is -4.04. The molecule has 4 heterocycles. The smallest absolute Gasteiger partial charge is 0.333 e. The Bertz CT molecular complexity index is 1520. The van der Waals surface area contributed by atoms with Gasteiger partial charge in [-0.2, -0.15) is 0 Å². The number of amides is 4. The van der Waals surface area contributed by atoms with Gasteiger partial charge in [0.05, 0.1) is 12.8 Å². The van der Waals surface area contributed by atoms with Crippen molar-refractivity contribution in [2.75, 3.05) is 0 Å². The number of hydrogen-bond acceptors (Lipinski definition) is 10. The van der Waals surface area contributed by atoms with Crippen molar-refractivity contribution < 1.29 is 38.2 Å². The molecule has 4 fully saturated rings. The molecule has 4 saturated heterocycles. The van der Waals surface area contributed by atoms with Crippen molar-refractivity contribution in [3.05, 3.63) is 71.8 Å². The van der Waals surface area contributed by atoms with E-state index in [1.807, 2.05) is 88.4 Å². The topological polar surface area (TPSA) is 151 Å². The minimum absolute atomic E-state index is 0.128. The molecule has 254 valence electrons. The van der Waals surface area contributed by atoms with Gasteiger partial charge in [0, 0.05) is 16.4 Å². The second-order valence-electron chi connectivity index (χ2n) is 13.4. The zero-order valence-electron chi connectivity index (χ0n) is 27.2. The number of rotatable bonds is 10. The summed E-state index contributed by atoms with van der Waals surface area (Å²) in [5, 5.41) is 4.70. The molecule has 12 nitrogen and oxygen atoms in total. The van der Waals surface area contributed by atoms with Crippen LogP contribution in [0.25, 0.3) is 0 Å². The number of hydrogen-bond donors (Lipinski definition) is 2. The maximum absolute atomic E-state index is 13.4. The average Bonchev–Trinajstić information content (AvgIpc) is 3.44. The largest absolute Gasteiger partial charge is 0.424 e. The van der Waals surface area contributed by atoms with Crippen LogP contribution < -0.4 is 10.6 Å². The van der Waals surface area contributed by atoms with Crippen molar-refractivity contribution in [3.63, 3.8) is 0 Å². The van der Waals surface area contributed by atoms with E-state index in [1.165, 1.54) is 40.2 Å². The summed E-state index contributed by atoms with van der Waals surface area (Å²) in [5.41, 5.74) is 1.64. The molecule has 0 unspecified atom stereocenters. The van der Waals surface area contributed by atoms with Gasteiger partial charge < -0.3 is 29.9 Å². The van der Waals surface area contributed by atoms with Gasteiger partial charge in [-0.15, -0.1) is 23.5 Å². The second kappa shape index (κ2) is 12.8. The molecule has 0 aromatic heterocycles. The third kappa shape index (κ3) is 6.27. The van der Waals surface area contributed by atoms with Crippen LogP contribution in [0, 0.1) is 0 Å².